The molecule has 1 saturated heterocycles. The third-order valence-corrected chi connectivity index (χ3v) is 3.10. The van der Waals surface area contributed by atoms with Crippen LogP contribution in [0, 0.1) is 0 Å². The fourth-order valence-corrected chi connectivity index (χ4v) is 1.99. The summed E-state index contributed by atoms with van der Waals surface area (Å²) in [6.45, 7) is 5.51. The summed E-state index contributed by atoms with van der Waals surface area (Å²) < 4.78 is 0. The molecule has 0 spiro atoms. The number of nitrogens with zero attached hydrogens (tertiary/aromatic N) is 1. The maximum Gasteiger partial charge on any atom is 0.0899 e. The molecule has 1 aliphatic heterocycles. The lowest BCUT2D eigenvalue weighted by molar-refractivity contribution is 0.145. The topological polar surface area (TPSA) is 29.3 Å². The van der Waals surface area contributed by atoms with Crippen molar-refractivity contribution in [3.63, 3.8) is 0 Å². The summed E-state index contributed by atoms with van der Waals surface area (Å²) in [4.78, 5) is 3.04. The number of rotatable bonds is 2. The summed E-state index contributed by atoms with van der Waals surface area (Å²) in [7, 11) is 0. The molecule has 1 aliphatic rings. The van der Waals surface area contributed by atoms with Crippen LogP contribution < -0.4 is 5.73 Å². The zero-order valence-corrected chi connectivity index (χ0v) is 8.73. The Bertz CT molecular complexity index is 170. The van der Waals surface area contributed by atoms with Gasteiger partial charge in [-0.3, -0.25) is 4.90 Å². The molecule has 0 aromatic carbocycles. The molecule has 0 aromatic rings. The number of likely N-dealkylation sites (tertiary alicyclic amines) is 1. The van der Waals surface area contributed by atoms with Crippen molar-refractivity contribution in [3.05, 3.63) is 0 Å². The lowest BCUT2D eigenvalue weighted by Gasteiger charge is -2.37. The van der Waals surface area contributed by atoms with Crippen molar-refractivity contribution in [2.45, 2.75) is 45.2 Å². The Morgan fingerprint density at radius 1 is 1.58 bits per heavy atom. The molecule has 0 aliphatic carbocycles. The highest BCUT2D eigenvalue weighted by molar-refractivity contribution is 7.80. The number of hydrogen-bond donors (Lipinski definition) is 1. The molecule has 2 N–H and O–H groups in total. The Hall–Kier alpha value is -0.150. The molecule has 12 heavy (non-hydrogen) atoms. The third-order valence-electron chi connectivity index (χ3n) is 2.76. The van der Waals surface area contributed by atoms with E-state index in [0.29, 0.717) is 11.0 Å². The monoisotopic (exact) mass is 186 g/mol. The second-order valence-electron chi connectivity index (χ2n) is 3.66. The maximum absolute atomic E-state index is 5.62. The van der Waals surface area contributed by atoms with E-state index in [9.17, 15) is 0 Å². The Kier molecular flexibility index (Phi) is 3.47. The fourth-order valence-electron chi connectivity index (χ4n) is 1.86. The van der Waals surface area contributed by atoms with Crippen molar-refractivity contribution < 1.29 is 0 Å². The zero-order valence-electron chi connectivity index (χ0n) is 7.92. The first-order valence-corrected chi connectivity index (χ1v) is 5.09. The Labute approximate surface area is 80.1 Å². The highest BCUT2D eigenvalue weighted by Crippen LogP contribution is 2.18. The molecule has 0 bridgehead atoms. The minimum absolute atomic E-state index is 0.273. The van der Waals surface area contributed by atoms with Gasteiger partial charge in [-0.1, -0.05) is 18.6 Å². The minimum atomic E-state index is 0.273. The average molecular weight is 186 g/mol. The van der Waals surface area contributed by atoms with E-state index in [1.54, 1.807) is 0 Å². The van der Waals surface area contributed by atoms with Gasteiger partial charge in [-0.05, 0) is 33.2 Å². The molecule has 70 valence electrons. The molecule has 1 rings (SSSR count). The van der Waals surface area contributed by atoms with Crippen molar-refractivity contribution >= 4 is 17.2 Å². The standard InChI is InChI=1S/C9H18N2S/c1-7-5-3-4-6-11(7)8(2)9(10)12/h7-8H,3-6H2,1-2H3,(H2,10,12). The first kappa shape index (κ1) is 9.93. The average Bonchev–Trinajstić information content (AvgIpc) is 2.04. The first-order valence-electron chi connectivity index (χ1n) is 4.68. The molecule has 2 nitrogen and oxygen atoms in total. The number of nitrogens with two attached hydrogens (primary N) is 1. The molecule has 1 fully saturated rings. The predicted molar refractivity (Wildman–Crippen MR) is 56.3 cm³/mol. The molecule has 2 atom stereocenters. The second kappa shape index (κ2) is 4.19. The molecule has 0 radical (unpaired) electrons. The van der Waals surface area contributed by atoms with Crippen molar-refractivity contribution in [2.24, 2.45) is 5.73 Å². The second-order valence-corrected chi connectivity index (χ2v) is 4.13. The summed E-state index contributed by atoms with van der Waals surface area (Å²) in [5.74, 6) is 0. The van der Waals surface area contributed by atoms with Gasteiger partial charge in [0.15, 0.2) is 0 Å². The van der Waals surface area contributed by atoms with Crippen LogP contribution in [0.4, 0.5) is 0 Å². The van der Waals surface area contributed by atoms with Gasteiger partial charge in [-0.25, -0.2) is 0 Å². The minimum Gasteiger partial charge on any atom is -0.392 e. The molecule has 3 heteroatoms. The largest absolute Gasteiger partial charge is 0.392 e. The van der Waals surface area contributed by atoms with E-state index in [2.05, 4.69) is 18.7 Å². The van der Waals surface area contributed by atoms with Gasteiger partial charge in [-0.2, -0.15) is 0 Å². The molecule has 1 heterocycles. The number of thiocarbonyl (C=S) groups is 1. The van der Waals surface area contributed by atoms with Crippen LogP contribution in [0.2, 0.25) is 0 Å². The van der Waals surface area contributed by atoms with E-state index in [0.717, 1.165) is 6.54 Å². The van der Waals surface area contributed by atoms with Crippen molar-refractivity contribution in [1.82, 2.24) is 4.90 Å². The van der Waals surface area contributed by atoms with Crippen LogP contribution in [-0.4, -0.2) is 28.5 Å². The van der Waals surface area contributed by atoms with E-state index >= 15 is 0 Å². The SMILES string of the molecule is CC1CCCCN1C(C)C(N)=S. The Morgan fingerprint density at radius 3 is 2.75 bits per heavy atom. The van der Waals surface area contributed by atoms with Gasteiger partial charge < -0.3 is 5.73 Å². The van der Waals surface area contributed by atoms with Gasteiger partial charge in [0.05, 0.1) is 11.0 Å². The highest BCUT2D eigenvalue weighted by atomic mass is 32.1. The predicted octanol–water partition coefficient (Wildman–Crippen LogP) is 1.54. The van der Waals surface area contributed by atoms with Crippen LogP contribution in [0.3, 0.4) is 0 Å². The molecule has 0 aromatic heterocycles. The quantitative estimate of drug-likeness (QED) is 0.663. The van der Waals surface area contributed by atoms with Gasteiger partial charge in [0.2, 0.25) is 0 Å². The van der Waals surface area contributed by atoms with Crippen LogP contribution in [0.1, 0.15) is 33.1 Å². The lowest BCUT2D eigenvalue weighted by Crippen LogP contribution is -2.48. The van der Waals surface area contributed by atoms with E-state index in [-0.39, 0.29) is 6.04 Å². The highest BCUT2D eigenvalue weighted by Gasteiger charge is 2.24. The van der Waals surface area contributed by atoms with Gasteiger partial charge >= 0.3 is 0 Å². The van der Waals surface area contributed by atoms with Crippen LogP contribution in [-0.2, 0) is 0 Å². The Balaban J connectivity index is 2.53. The molecular weight excluding hydrogens is 168 g/mol. The fraction of sp³-hybridized carbons (Fsp3) is 0.889. The van der Waals surface area contributed by atoms with E-state index in [4.69, 9.17) is 18.0 Å². The Morgan fingerprint density at radius 2 is 2.25 bits per heavy atom. The van der Waals surface area contributed by atoms with Gasteiger partial charge in [0.1, 0.15) is 0 Å². The van der Waals surface area contributed by atoms with Crippen LogP contribution in [0.25, 0.3) is 0 Å². The summed E-state index contributed by atoms with van der Waals surface area (Å²) in [6, 6.07) is 0.922. The number of hydrogen-bond acceptors (Lipinski definition) is 2. The normalized spacial score (nSPS) is 28.3. The molecule has 2 unspecified atom stereocenters. The van der Waals surface area contributed by atoms with Crippen LogP contribution in [0.15, 0.2) is 0 Å². The number of piperidine rings is 1. The van der Waals surface area contributed by atoms with E-state index < -0.39 is 0 Å². The van der Waals surface area contributed by atoms with E-state index in [1.807, 2.05) is 0 Å². The molecule has 0 amide bonds. The van der Waals surface area contributed by atoms with E-state index in [1.165, 1.54) is 19.3 Å². The summed E-state index contributed by atoms with van der Waals surface area (Å²) in [5.41, 5.74) is 5.62. The molecule has 0 saturated carbocycles. The summed E-state index contributed by atoms with van der Waals surface area (Å²) >= 11 is 4.99. The van der Waals surface area contributed by atoms with Gasteiger partial charge in [0.25, 0.3) is 0 Å². The zero-order chi connectivity index (χ0) is 9.14. The van der Waals surface area contributed by atoms with Gasteiger partial charge in [0, 0.05) is 6.04 Å². The smallest absolute Gasteiger partial charge is 0.0899 e. The maximum atomic E-state index is 5.62. The van der Waals surface area contributed by atoms with Crippen LogP contribution in [0.5, 0.6) is 0 Å². The first-order chi connectivity index (χ1) is 5.63. The van der Waals surface area contributed by atoms with Crippen LogP contribution >= 0.6 is 12.2 Å². The lowest BCUT2D eigenvalue weighted by atomic mass is 10.0. The van der Waals surface area contributed by atoms with Crippen molar-refractivity contribution in [3.8, 4) is 0 Å². The molecular formula is C9H18N2S. The van der Waals surface area contributed by atoms with Crippen molar-refractivity contribution in [2.75, 3.05) is 6.54 Å². The van der Waals surface area contributed by atoms with Gasteiger partial charge in [-0.15, -0.1) is 0 Å². The summed E-state index contributed by atoms with van der Waals surface area (Å²) in [6.07, 6.45) is 3.92. The third kappa shape index (κ3) is 2.17. The summed E-state index contributed by atoms with van der Waals surface area (Å²) in [5, 5.41) is 0. The van der Waals surface area contributed by atoms with Crippen molar-refractivity contribution in [1.29, 1.82) is 0 Å².